The van der Waals surface area contributed by atoms with Crippen LogP contribution in [0.2, 0.25) is 5.02 Å². The van der Waals surface area contributed by atoms with Crippen molar-refractivity contribution >= 4 is 23.3 Å². The molecular weight excluding hydrogens is 264 g/mol. The van der Waals surface area contributed by atoms with Crippen molar-refractivity contribution in [1.29, 1.82) is 0 Å². The van der Waals surface area contributed by atoms with Gasteiger partial charge in [0.25, 0.3) is 5.91 Å². The highest BCUT2D eigenvalue weighted by molar-refractivity contribution is 6.30. The van der Waals surface area contributed by atoms with E-state index in [1.165, 1.54) is 6.20 Å². The van der Waals surface area contributed by atoms with E-state index in [2.05, 4.69) is 15.5 Å². The third-order valence-corrected chi connectivity index (χ3v) is 3.12. The Kier molecular flexibility index (Phi) is 3.48. The first-order valence-electron chi connectivity index (χ1n) is 5.77. The molecule has 0 saturated carbocycles. The lowest BCUT2D eigenvalue weighted by Gasteiger charge is -2.27. The van der Waals surface area contributed by atoms with E-state index < -0.39 is 5.54 Å². The van der Waals surface area contributed by atoms with E-state index in [0.29, 0.717) is 10.6 Å². The zero-order valence-electron chi connectivity index (χ0n) is 10.7. The fraction of sp³-hybridized carbons (Fsp3) is 0.231. The number of rotatable bonds is 3. The van der Waals surface area contributed by atoms with Crippen molar-refractivity contribution in [3.05, 3.63) is 46.6 Å². The van der Waals surface area contributed by atoms with E-state index in [0.717, 1.165) is 5.56 Å². The van der Waals surface area contributed by atoms with Crippen LogP contribution in [0.4, 0.5) is 5.82 Å². The van der Waals surface area contributed by atoms with Gasteiger partial charge in [0.05, 0.1) is 11.7 Å². The molecule has 0 fully saturated rings. The molecule has 0 atom stereocenters. The largest absolute Gasteiger partial charge is 0.383 e. The number of halogens is 1. The number of aromatic amines is 1. The third kappa shape index (κ3) is 2.88. The van der Waals surface area contributed by atoms with Crippen LogP contribution in [0.3, 0.4) is 0 Å². The van der Waals surface area contributed by atoms with E-state index >= 15 is 0 Å². The number of hydrogen-bond acceptors (Lipinski definition) is 3. The minimum absolute atomic E-state index is 0.249. The molecule has 0 unspecified atom stereocenters. The first-order valence-corrected chi connectivity index (χ1v) is 6.15. The van der Waals surface area contributed by atoms with Crippen LogP contribution in [0.15, 0.2) is 30.5 Å². The number of benzene rings is 1. The number of aromatic nitrogens is 2. The van der Waals surface area contributed by atoms with Gasteiger partial charge in [-0.2, -0.15) is 5.10 Å². The second-order valence-corrected chi connectivity index (χ2v) is 5.22. The van der Waals surface area contributed by atoms with Crippen LogP contribution in [-0.4, -0.2) is 16.1 Å². The number of anilines is 1. The van der Waals surface area contributed by atoms with Gasteiger partial charge in [-0.3, -0.25) is 9.89 Å². The average molecular weight is 279 g/mol. The maximum absolute atomic E-state index is 12.1. The average Bonchev–Trinajstić information content (AvgIpc) is 2.75. The Bertz CT molecular complexity index is 606. The smallest absolute Gasteiger partial charge is 0.257 e. The number of H-pyrrole nitrogens is 1. The van der Waals surface area contributed by atoms with E-state index in [1.54, 1.807) is 6.07 Å². The normalized spacial score (nSPS) is 11.3. The van der Waals surface area contributed by atoms with Gasteiger partial charge in [-0.25, -0.2) is 0 Å². The summed E-state index contributed by atoms with van der Waals surface area (Å²) in [5.41, 5.74) is 6.30. The van der Waals surface area contributed by atoms with Crippen LogP contribution in [0.5, 0.6) is 0 Å². The zero-order valence-corrected chi connectivity index (χ0v) is 11.5. The van der Waals surface area contributed by atoms with Crippen molar-refractivity contribution < 1.29 is 4.79 Å². The quantitative estimate of drug-likeness (QED) is 0.805. The second-order valence-electron chi connectivity index (χ2n) is 4.79. The fourth-order valence-corrected chi connectivity index (χ4v) is 1.97. The molecule has 1 aromatic heterocycles. The Labute approximate surface area is 116 Å². The van der Waals surface area contributed by atoms with Crippen molar-refractivity contribution in [3.8, 4) is 0 Å². The number of nitrogens with zero attached hydrogens (tertiary/aromatic N) is 1. The molecule has 1 amide bonds. The molecule has 1 aromatic carbocycles. The second kappa shape index (κ2) is 4.93. The number of carbonyl (C=O) groups is 1. The molecule has 0 bridgehead atoms. The summed E-state index contributed by atoms with van der Waals surface area (Å²) in [5.74, 6) is -0.0318. The summed E-state index contributed by atoms with van der Waals surface area (Å²) < 4.78 is 0. The third-order valence-electron chi connectivity index (χ3n) is 2.89. The maximum Gasteiger partial charge on any atom is 0.257 e. The Morgan fingerprint density at radius 3 is 2.79 bits per heavy atom. The topological polar surface area (TPSA) is 83.8 Å². The molecule has 5 nitrogen and oxygen atoms in total. The van der Waals surface area contributed by atoms with Gasteiger partial charge in [0.1, 0.15) is 11.4 Å². The van der Waals surface area contributed by atoms with E-state index in [4.69, 9.17) is 17.3 Å². The summed E-state index contributed by atoms with van der Waals surface area (Å²) in [5, 5.41) is 9.79. The summed E-state index contributed by atoms with van der Waals surface area (Å²) in [6, 6.07) is 7.36. The first-order chi connectivity index (χ1) is 8.90. The molecule has 0 spiro atoms. The molecule has 0 radical (unpaired) electrons. The Hall–Kier alpha value is -2.01. The highest BCUT2D eigenvalue weighted by Crippen LogP contribution is 2.23. The van der Waals surface area contributed by atoms with Crippen molar-refractivity contribution in [2.24, 2.45) is 0 Å². The molecule has 0 aliphatic heterocycles. The summed E-state index contributed by atoms with van der Waals surface area (Å²) in [6.45, 7) is 3.79. The molecule has 0 saturated heterocycles. The number of hydrogen-bond donors (Lipinski definition) is 3. The van der Waals surface area contributed by atoms with Crippen molar-refractivity contribution in [3.63, 3.8) is 0 Å². The molecule has 6 heteroatoms. The maximum atomic E-state index is 12.1. The molecule has 100 valence electrons. The Morgan fingerprint density at radius 2 is 2.21 bits per heavy atom. The highest BCUT2D eigenvalue weighted by Gasteiger charge is 2.25. The number of nitrogens with two attached hydrogens (primary N) is 1. The van der Waals surface area contributed by atoms with Crippen LogP contribution in [0.25, 0.3) is 0 Å². The summed E-state index contributed by atoms with van der Waals surface area (Å²) in [7, 11) is 0. The van der Waals surface area contributed by atoms with Gasteiger partial charge in [-0.05, 0) is 31.5 Å². The SMILES string of the molecule is CC(C)(NC(=O)c1cn[nH]c1N)c1cccc(Cl)c1. The van der Waals surface area contributed by atoms with Crippen LogP contribution in [0, 0.1) is 0 Å². The van der Waals surface area contributed by atoms with E-state index in [9.17, 15) is 4.79 Å². The zero-order chi connectivity index (χ0) is 14.0. The minimum atomic E-state index is -0.564. The van der Waals surface area contributed by atoms with Gasteiger partial charge in [0.15, 0.2) is 0 Å². The highest BCUT2D eigenvalue weighted by atomic mass is 35.5. The Morgan fingerprint density at radius 1 is 1.47 bits per heavy atom. The molecular formula is C13H15ClN4O. The van der Waals surface area contributed by atoms with Crippen molar-refractivity contribution in [2.75, 3.05) is 5.73 Å². The number of nitrogen functional groups attached to an aromatic ring is 1. The van der Waals surface area contributed by atoms with Crippen LogP contribution in [-0.2, 0) is 5.54 Å². The summed E-state index contributed by atoms with van der Waals surface area (Å²) >= 11 is 5.96. The number of carbonyl (C=O) groups excluding carboxylic acids is 1. The molecule has 4 N–H and O–H groups in total. The molecule has 0 aliphatic carbocycles. The minimum Gasteiger partial charge on any atom is -0.383 e. The lowest BCUT2D eigenvalue weighted by molar-refractivity contribution is 0.0913. The number of nitrogens with one attached hydrogen (secondary N) is 2. The van der Waals surface area contributed by atoms with E-state index in [1.807, 2.05) is 32.0 Å². The lowest BCUT2D eigenvalue weighted by atomic mass is 9.94. The molecule has 2 rings (SSSR count). The molecule has 0 aliphatic rings. The van der Waals surface area contributed by atoms with Crippen molar-refractivity contribution in [1.82, 2.24) is 15.5 Å². The monoisotopic (exact) mass is 278 g/mol. The van der Waals surface area contributed by atoms with Crippen molar-refractivity contribution in [2.45, 2.75) is 19.4 Å². The van der Waals surface area contributed by atoms with Gasteiger partial charge in [-0.1, -0.05) is 23.7 Å². The molecule has 19 heavy (non-hydrogen) atoms. The van der Waals surface area contributed by atoms with Crippen LogP contribution < -0.4 is 11.1 Å². The van der Waals surface area contributed by atoms with Gasteiger partial charge in [0, 0.05) is 5.02 Å². The van der Waals surface area contributed by atoms with Gasteiger partial charge >= 0.3 is 0 Å². The molecule has 1 heterocycles. The van der Waals surface area contributed by atoms with Gasteiger partial charge in [0.2, 0.25) is 0 Å². The predicted octanol–water partition coefficient (Wildman–Crippen LogP) is 2.31. The Balaban J connectivity index is 2.22. The first kappa shape index (κ1) is 13.4. The summed E-state index contributed by atoms with van der Waals surface area (Å²) in [6.07, 6.45) is 1.40. The van der Waals surface area contributed by atoms with Gasteiger partial charge in [-0.15, -0.1) is 0 Å². The van der Waals surface area contributed by atoms with E-state index in [-0.39, 0.29) is 11.7 Å². The molecule has 2 aromatic rings. The van der Waals surface area contributed by atoms with Crippen LogP contribution in [0.1, 0.15) is 29.8 Å². The standard InChI is InChI=1S/C13H15ClN4O/c1-13(2,8-4-3-5-9(14)6-8)17-12(19)10-7-16-18-11(10)15/h3-7H,1-2H3,(H,17,19)(H3,15,16,18). The van der Waals surface area contributed by atoms with Crippen LogP contribution >= 0.6 is 11.6 Å². The summed E-state index contributed by atoms with van der Waals surface area (Å²) in [4.78, 5) is 12.1. The predicted molar refractivity (Wildman–Crippen MR) is 74.9 cm³/mol. The number of amides is 1. The lowest BCUT2D eigenvalue weighted by Crippen LogP contribution is -2.41. The fourth-order valence-electron chi connectivity index (χ4n) is 1.78. The van der Waals surface area contributed by atoms with Gasteiger partial charge < -0.3 is 11.1 Å².